The highest BCUT2D eigenvalue weighted by Crippen LogP contribution is 2.31. The smallest absolute Gasteiger partial charge is 0.181 e. The number of nitrogens with zero attached hydrogens (tertiary/aromatic N) is 2. The largest absolute Gasteiger partial charge is 0.262 e. The summed E-state index contributed by atoms with van der Waals surface area (Å²) in [5.41, 5.74) is 2.29. The molecule has 0 atom stereocenters. The van der Waals surface area contributed by atoms with Gasteiger partial charge in [-0.15, -0.1) is 0 Å². The SMILES string of the molecule is Cc1cc(Br)cc(-c2n[nH]c(C3CCCCC3)n2)c1. The fourth-order valence-corrected chi connectivity index (χ4v) is 3.44. The second kappa shape index (κ2) is 5.45. The summed E-state index contributed by atoms with van der Waals surface area (Å²) in [7, 11) is 0. The first-order valence-corrected chi connectivity index (χ1v) is 7.71. The average molecular weight is 320 g/mol. The van der Waals surface area contributed by atoms with Gasteiger partial charge in [-0.2, -0.15) is 5.10 Å². The quantitative estimate of drug-likeness (QED) is 0.879. The standard InChI is InChI=1S/C15H18BrN3/c1-10-7-12(9-13(16)8-10)15-17-14(18-19-15)11-5-3-2-4-6-11/h7-9,11H,2-6H2,1H3,(H,17,18,19). The molecule has 4 heteroatoms. The third-order valence-corrected chi connectivity index (χ3v) is 4.25. The van der Waals surface area contributed by atoms with Gasteiger partial charge in [0.25, 0.3) is 0 Å². The highest BCUT2D eigenvalue weighted by Gasteiger charge is 2.19. The zero-order valence-corrected chi connectivity index (χ0v) is 12.7. The Morgan fingerprint density at radius 2 is 1.95 bits per heavy atom. The highest BCUT2D eigenvalue weighted by atomic mass is 79.9. The Kier molecular flexibility index (Phi) is 3.69. The molecule has 3 nitrogen and oxygen atoms in total. The van der Waals surface area contributed by atoms with Crippen molar-refractivity contribution in [3.63, 3.8) is 0 Å². The van der Waals surface area contributed by atoms with Crippen LogP contribution < -0.4 is 0 Å². The number of nitrogens with one attached hydrogen (secondary N) is 1. The maximum absolute atomic E-state index is 4.70. The molecule has 0 saturated heterocycles. The first kappa shape index (κ1) is 12.9. The molecule has 3 rings (SSSR count). The van der Waals surface area contributed by atoms with Gasteiger partial charge < -0.3 is 0 Å². The number of aromatic amines is 1. The second-order valence-corrected chi connectivity index (χ2v) is 6.31. The van der Waals surface area contributed by atoms with E-state index in [-0.39, 0.29) is 0 Å². The van der Waals surface area contributed by atoms with Crippen molar-refractivity contribution >= 4 is 15.9 Å². The molecule has 100 valence electrons. The Labute approximate surface area is 122 Å². The normalized spacial score (nSPS) is 16.7. The van der Waals surface area contributed by atoms with E-state index in [1.165, 1.54) is 37.7 Å². The van der Waals surface area contributed by atoms with Crippen molar-refractivity contribution in [1.82, 2.24) is 15.2 Å². The molecular weight excluding hydrogens is 302 g/mol. The van der Waals surface area contributed by atoms with Crippen molar-refractivity contribution < 1.29 is 0 Å². The summed E-state index contributed by atoms with van der Waals surface area (Å²) in [6, 6.07) is 6.29. The lowest BCUT2D eigenvalue weighted by atomic mass is 9.89. The minimum Gasteiger partial charge on any atom is -0.262 e. The summed E-state index contributed by atoms with van der Waals surface area (Å²) in [5.74, 6) is 2.44. The first-order valence-electron chi connectivity index (χ1n) is 6.92. The van der Waals surface area contributed by atoms with Crippen molar-refractivity contribution in [2.45, 2.75) is 44.9 Å². The number of hydrogen-bond acceptors (Lipinski definition) is 2. The van der Waals surface area contributed by atoms with Gasteiger partial charge in [-0.25, -0.2) is 4.98 Å². The number of benzene rings is 1. The lowest BCUT2D eigenvalue weighted by molar-refractivity contribution is 0.429. The van der Waals surface area contributed by atoms with Crippen LogP contribution in [0, 0.1) is 6.92 Å². The predicted molar refractivity (Wildman–Crippen MR) is 80.1 cm³/mol. The minimum atomic E-state index is 0.572. The van der Waals surface area contributed by atoms with E-state index in [0.717, 1.165) is 21.7 Å². The summed E-state index contributed by atoms with van der Waals surface area (Å²) in [4.78, 5) is 4.70. The number of aryl methyl sites for hydroxylation is 1. The number of aromatic nitrogens is 3. The molecule has 1 aliphatic carbocycles. The summed E-state index contributed by atoms with van der Waals surface area (Å²) >= 11 is 3.53. The molecule has 2 aromatic rings. The predicted octanol–water partition coefficient (Wildman–Crippen LogP) is 4.59. The zero-order valence-electron chi connectivity index (χ0n) is 11.1. The monoisotopic (exact) mass is 319 g/mol. The summed E-state index contributed by atoms with van der Waals surface area (Å²) in [6.45, 7) is 2.09. The van der Waals surface area contributed by atoms with Gasteiger partial charge in [0.1, 0.15) is 5.82 Å². The van der Waals surface area contributed by atoms with Crippen LogP contribution in [-0.4, -0.2) is 15.2 Å². The zero-order chi connectivity index (χ0) is 13.2. The molecule has 19 heavy (non-hydrogen) atoms. The molecule has 1 heterocycles. The Morgan fingerprint density at radius 3 is 2.68 bits per heavy atom. The maximum Gasteiger partial charge on any atom is 0.181 e. The Hall–Kier alpha value is -1.16. The fraction of sp³-hybridized carbons (Fsp3) is 0.467. The molecule has 1 aromatic carbocycles. The van der Waals surface area contributed by atoms with Crippen molar-refractivity contribution in [2.24, 2.45) is 0 Å². The summed E-state index contributed by atoms with van der Waals surface area (Å²) < 4.78 is 1.08. The summed E-state index contributed by atoms with van der Waals surface area (Å²) in [5, 5.41) is 7.52. The van der Waals surface area contributed by atoms with Crippen LogP contribution in [0.25, 0.3) is 11.4 Å². The molecule has 0 bridgehead atoms. The van der Waals surface area contributed by atoms with Crippen molar-refractivity contribution in [2.75, 3.05) is 0 Å². The lowest BCUT2D eigenvalue weighted by Gasteiger charge is -2.18. The Bertz CT molecular complexity index is 550. The molecule has 1 aromatic heterocycles. The van der Waals surface area contributed by atoms with Gasteiger partial charge in [-0.3, -0.25) is 5.10 Å². The molecule has 1 aliphatic rings. The number of halogens is 1. The van der Waals surface area contributed by atoms with Gasteiger partial charge in [0.2, 0.25) is 0 Å². The van der Waals surface area contributed by atoms with E-state index in [4.69, 9.17) is 4.98 Å². The number of hydrogen-bond donors (Lipinski definition) is 1. The van der Waals surface area contributed by atoms with E-state index in [2.05, 4.69) is 51.3 Å². The van der Waals surface area contributed by atoms with Gasteiger partial charge in [-0.05, 0) is 43.5 Å². The van der Waals surface area contributed by atoms with Crippen molar-refractivity contribution in [3.8, 4) is 11.4 Å². The molecular formula is C15H18BrN3. The molecule has 0 spiro atoms. The molecule has 1 fully saturated rings. The van der Waals surface area contributed by atoms with Crippen molar-refractivity contribution in [3.05, 3.63) is 34.1 Å². The number of H-pyrrole nitrogens is 1. The van der Waals surface area contributed by atoms with Crippen molar-refractivity contribution in [1.29, 1.82) is 0 Å². The first-order chi connectivity index (χ1) is 9.22. The van der Waals surface area contributed by atoms with E-state index in [0.29, 0.717) is 5.92 Å². The maximum atomic E-state index is 4.70. The van der Waals surface area contributed by atoms with E-state index in [9.17, 15) is 0 Å². The third kappa shape index (κ3) is 2.89. The molecule has 0 radical (unpaired) electrons. The van der Waals surface area contributed by atoms with E-state index in [1.807, 2.05) is 0 Å². The van der Waals surface area contributed by atoms with Crippen LogP contribution in [0.1, 0.15) is 49.4 Å². The van der Waals surface area contributed by atoms with Gasteiger partial charge >= 0.3 is 0 Å². The minimum absolute atomic E-state index is 0.572. The van der Waals surface area contributed by atoms with Gasteiger partial charge in [0, 0.05) is 16.0 Å². The Morgan fingerprint density at radius 1 is 1.16 bits per heavy atom. The van der Waals surface area contributed by atoms with Crippen LogP contribution in [0.3, 0.4) is 0 Å². The fourth-order valence-electron chi connectivity index (χ4n) is 2.83. The molecule has 1 saturated carbocycles. The van der Waals surface area contributed by atoms with E-state index >= 15 is 0 Å². The second-order valence-electron chi connectivity index (χ2n) is 5.40. The van der Waals surface area contributed by atoms with Gasteiger partial charge in [0.05, 0.1) is 0 Å². The van der Waals surface area contributed by atoms with Crippen LogP contribution in [-0.2, 0) is 0 Å². The lowest BCUT2D eigenvalue weighted by Crippen LogP contribution is -2.06. The third-order valence-electron chi connectivity index (χ3n) is 3.79. The van der Waals surface area contributed by atoms with E-state index < -0.39 is 0 Å². The van der Waals surface area contributed by atoms with Crippen LogP contribution in [0.4, 0.5) is 0 Å². The summed E-state index contributed by atoms with van der Waals surface area (Å²) in [6.07, 6.45) is 6.48. The molecule has 1 N–H and O–H groups in total. The molecule has 0 aliphatic heterocycles. The average Bonchev–Trinajstić information content (AvgIpc) is 2.88. The van der Waals surface area contributed by atoms with Gasteiger partial charge in [-0.1, -0.05) is 35.2 Å². The Balaban J connectivity index is 1.87. The van der Waals surface area contributed by atoms with Crippen LogP contribution in [0.5, 0.6) is 0 Å². The van der Waals surface area contributed by atoms with Crippen LogP contribution in [0.2, 0.25) is 0 Å². The van der Waals surface area contributed by atoms with Crippen LogP contribution in [0.15, 0.2) is 22.7 Å². The number of rotatable bonds is 2. The molecule has 0 amide bonds. The molecule has 0 unspecified atom stereocenters. The van der Waals surface area contributed by atoms with Gasteiger partial charge in [0.15, 0.2) is 5.82 Å². The van der Waals surface area contributed by atoms with E-state index in [1.54, 1.807) is 0 Å². The highest BCUT2D eigenvalue weighted by molar-refractivity contribution is 9.10. The van der Waals surface area contributed by atoms with Crippen LogP contribution >= 0.6 is 15.9 Å². The topological polar surface area (TPSA) is 41.6 Å².